The number of carbonyl (C=O) groups is 4. The highest BCUT2D eigenvalue weighted by Crippen LogP contribution is 2.37. The second-order valence-corrected chi connectivity index (χ2v) is 29.8. The quantitative estimate of drug-likeness (QED) is 0.0447. The first-order chi connectivity index (χ1) is 48.6. The van der Waals surface area contributed by atoms with Crippen LogP contribution in [-0.4, -0.2) is 107 Å². The van der Waals surface area contributed by atoms with E-state index in [1.807, 2.05) is 230 Å². The van der Waals surface area contributed by atoms with Crippen LogP contribution in [0.4, 0.5) is 15.3 Å². The van der Waals surface area contributed by atoms with Gasteiger partial charge < -0.3 is 34.3 Å². The smallest absolute Gasteiger partial charge is 0.434 e. The number of ether oxygens (including phenoxy) is 4. The lowest BCUT2D eigenvalue weighted by Gasteiger charge is -2.41. The Morgan fingerprint density at radius 2 is 0.912 bits per heavy atom. The van der Waals surface area contributed by atoms with Crippen LogP contribution in [0.2, 0.25) is 0 Å². The van der Waals surface area contributed by atoms with Gasteiger partial charge in [0.15, 0.2) is 6.04 Å². The summed E-state index contributed by atoms with van der Waals surface area (Å²) < 4.78 is 21.7. The van der Waals surface area contributed by atoms with Crippen molar-refractivity contribution in [2.45, 2.75) is 213 Å². The maximum Gasteiger partial charge on any atom is 0.434 e. The highest BCUT2D eigenvalue weighted by atomic mass is 16.6. The van der Waals surface area contributed by atoms with Gasteiger partial charge in [-0.15, -0.1) is 0 Å². The number of nitrogens with one attached hydrogen (secondary N) is 1. The third-order valence-corrected chi connectivity index (χ3v) is 16.5. The molecule has 540 valence electrons. The molecule has 2 aliphatic rings. The first-order valence-electron chi connectivity index (χ1n) is 36.0. The minimum absolute atomic E-state index is 0.0103. The summed E-state index contributed by atoms with van der Waals surface area (Å²) >= 11 is 0. The molecule has 2 amide bonds. The molecule has 3 atom stereocenters. The summed E-state index contributed by atoms with van der Waals surface area (Å²) in [5, 5.41) is 14.0. The van der Waals surface area contributed by atoms with E-state index >= 15 is 0 Å². The summed E-state index contributed by atoms with van der Waals surface area (Å²) in [6, 6.07) is 67.6. The number of anilines is 1. The summed E-state index contributed by atoms with van der Waals surface area (Å²) in [6.45, 7) is 24.1. The molecule has 15 nitrogen and oxygen atoms in total. The number of hydrogen-bond donors (Lipinski definition) is 2. The molecule has 0 bridgehead atoms. The summed E-state index contributed by atoms with van der Waals surface area (Å²) in [5.74, 6) is -0.876. The largest absolute Gasteiger partial charge is 0.459 e. The zero-order chi connectivity index (χ0) is 73.7. The average molecular weight is 1380 g/mol. The molecule has 0 aliphatic heterocycles. The zero-order valence-electron chi connectivity index (χ0n) is 62.3. The molecule has 0 heterocycles. The van der Waals surface area contributed by atoms with E-state index in [0.717, 1.165) is 39.9 Å². The van der Waals surface area contributed by atoms with Gasteiger partial charge in [0, 0.05) is 46.1 Å². The third kappa shape index (κ3) is 28.1. The Morgan fingerprint density at radius 3 is 1.33 bits per heavy atom. The van der Waals surface area contributed by atoms with Gasteiger partial charge in [-0.25, -0.2) is 14.4 Å². The molecule has 2 N–H and O–H groups in total. The molecule has 0 aromatic heterocycles. The van der Waals surface area contributed by atoms with E-state index < -0.39 is 52.6 Å². The van der Waals surface area contributed by atoms with Crippen LogP contribution in [0.3, 0.4) is 0 Å². The highest BCUT2D eigenvalue weighted by Gasteiger charge is 2.38. The van der Waals surface area contributed by atoms with Crippen molar-refractivity contribution in [1.29, 1.82) is 0 Å². The van der Waals surface area contributed by atoms with Gasteiger partial charge in [-0.1, -0.05) is 251 Å². The van der Waals surface area contributed by atoms with Gasteiger partial charge in [0.05, 0.1) is 41.2 Å². The Kier molecular flexibility index (Phi) is 30.5. The summed E-state index contributed by atoms with van der Waals surface area (Å²) in [5.41, 5.74) is 8.25. The molecule has 0 spiro atoms. The maximum absolute atomic E-state index is 13.7. The SMILES string of the molecule is CC(C)(C)OC(=O)CN=C(c1ccccc1)c1ccccc1.CC(C)(C)OC(=O)N=Cc1ccccc1.CC(C)(C)OC(=O)N[C@H](c1ccccc1)[C@H](N=C(c1ccccc1)c1ccccc1)C(=O)OC(C)(C)C.Cc1c(N(C2CCCCC2)C2CCCCC2)c1=N[C@H](CO)Cc1ccccc1. The van der Waals surface area contributed by atoms with E-state index in [0.29, 0.717) is 23.4 Å². The van der Waals surface area contributed by atoms with Crippen molar-refractivity contribution in [2.24, 2.45) is 20.0 Å². The lowest BCUT2D eigenvalue weighted by molar-refractivity contribution is -0.157. The second-order valence-electron chi connectivity index (χ2n) is 29.8. The highest BCUT2D eigenvalue weighted by molar-refractivity contribution is 6.14. The summed E-state index contributed by atoms with van der Waals surface area (Å²) in [7, 11) is 0. The van der Waals surface area contributed by atoms with Crippen molar-refractivity contribution in [2.75, 3.05) is 18.1 Å². The van der Waals surface area contributed by atoms with Crippen LogP contribution in [-0.2, 0) is 35.0 Å². The van der Waals surface area contributed by atoms with E-state index in [1.54, 1.807) is 41.5 Å². The number of aliphatic hydroxyl groups is 1. The van der Waals surface area contributed by atoms with Gasteiger partial charge in [-0.3, -0.25) is 19.8 Å². The molecule has 2 aliphatic carbocycles. The molecule has 2 saturated carbocycles. The number of benzene rings is 7. The number of carbonyl (C=O) groups excluding carboxylic acids is 4. The van der Waals surface area contributed by atoms with E-state index in [2.05, 4.69) is 51.4 Å². The molecule has 0 radical (unpaired) electrons. The Bertz CT molecular complexity index is 3830. The zero-order valence-corrected chi connectivity index (χ0v) is 62.3. The number of hydrogen-bond acceptors (Lipinski definition) is 13. The first-order valence-corrected chi connectivity index (χ1v) is 36.0. The Hall–Kier alpha value is -9.60. The number of rotatable bonds is 19. The fourth-order valence-corrected chi connectivity index (χ4v) is 12.1. The van der Waals surface area contributed by atoms with Crippen molar-refractivity contribution >= 4 is 47.5 Å². The fourth-order valence-electron chi connectivity index (χ4n) is 12.1. The lowest BCUT2D eigenvalue weighted by Crippen LogP contribution is -2.45. The van der Waals surface area contributed by atoms with Crippen molar-refractivity contribution in [1.82, 2.24) is 5.32 Å². The number of alkyl carbamates (subject to hydrolysis) is 1. The van der Waals surface area contributed by atoms with E-state index in [1.165, 1.54) is 92.6 Å². The fraction of sp³-hybridized carbons (Fsp3) is 0.402. The van der Waals surface area contributed by atoms with Crippen LogP contribution < -0.4 is 15.6 Å². The minimum Gasteiger partial charge on any atom is -0.459 e. The van der Waals surface area contributed by atoms with Crippen molar-refractivity contribution < 1.29 is 43.2 Å². The lowest BCUT2D eigenvalue weighted by atomic mass is 9.88. The molecule has 102 heavy (non-hydrogen) atoms. The van der Waals surface area contributed by atoms with Gasteiger partial charge in [-0.2, -0.15) is 4.99 Å². The minimum atomic E-state index is -1.09. The van der Waals surface area contributed by atoms with Gasteiger partial charge in [-0.05, 0) is 139 Å². The van der Waals surface area contributed by atoms with Crippen LogP contribution in [0.15, 0.2) is 232 Å². The van der Waals surface area contributed by atoms with Crippen LogP contribution >= 0.6 is 0 Å². The first kappa shape index (κ1) is 79.7. The molecule has 8 aromatic carbocycles. The number of nitrogens with zero attached hydrogens (tertiary/aromatic N) is 5. The molecule has 0 saturated heterocycles. The van der Waals surface area contributed by atoms with Crippen molar-refractivity contribution in [3.05, 3.63) is 262 Å². The molecule has 8 aromatic rings. The van der Waals surface area contributed by atoms with Gasteiger partial charge in [0.1, 0.15) is 28.9 Å². The molecular weight excluding hydrogens is 1270 g/mol. The Balaban J connectivity index is 0.000000200. The molecule has 0 unspecified atom stereocenters. The van der Waals surface area contributed by atoms with Crippen LogP contribution in [0.1, 0.15) is 198 Å². The third-order valence-electron chi connectivity index (χ3n) is 16.5. The number of amides is 2. The average Bonchev–Trinajstić information content (AvgIpc) is 1.59. The molecule has 10 rings (SSSR count). The van der Waals surface area contributed by atoms with Crippen LogP contribution in [0, 0.1) is 6.92 Å². The molecular formula is C87H108N6O9. The van der Waals surface area contributed by atoms with Gasteiger partial charge in [0.2, 0.25) is 0 Å². The van der Waals surface area contributed by atoms with Crippen LogP contribution in [0.25, 0.3) is 0 Å². The second kappa shape index (κ2) is 39.0. The summed E-state index contributed by atoms with van der Waals surface area (Å²) in [4.78, 5) is 70.8. The predicted octanol–water partition coefficient (Wildman–Crippen LogP) is 18.3. The molecule has 2 fully saturated rings. The van der Waals surface area contributed by atoms with E-state index in [-0.39, 0.29) is 25.2 Å². The summed E-state index contributed by atoms with van der Waals surface area (Å²) in [6.07, 6.45) is 14.8. The van der Waals surface area contributed by atoms with Crippen molar-refractivity contribution in [3.8, 4) is 0 Å². The normalized spacial score (nSPS) is 14.7. The van der Waals surface area contributed by atoms with Crippen LogP contribution in [0.5, 0.6) is 0 Å². The van der Waals surface area contributed by atoms with Gasteiger partial charge in [0.25, 0.3) is 0 Å². The molecule has 15 heteroatoms. The monoisotopic (exact) mass is 1380 g/mol. The standard InChI is InChI=1S/C31H36N2O4.C25H36N2O.C19H21NO2.C12H15NO2/c1-30(2,3)36-28(34)27(26(24-20-14-9-15-21-24)33-29(35)37-31(4,5)6)32-25(22-16-10-7-11-17-22)23-18-12-8-13-19-23;1-19-24(26-21(18-28)17-20-11-5-2-6-12-20)25(19)27(22-13-7-3-8-14-22)23-15-9-4-10-16-23;1-19(2,3)22-17(21)14-20-18(15-10-6-4-7-11-15)16-12-8-5-9-13-16;1-12(2,3)15-11(14)13-9-10-7-5-4-6-8-10/h7-21,26-27H,1-6H3,(H,33,35);2,5-6,11-12,21-23,28H,3-4,7-10,13-18H2,1H3;4-13H,14H2,1-3H3;4-9H,1-3H3/t26-,27+;21-;;/m10../s1. The predicted molar refractivity (Wildman–Crippen MR) is 413 cm³/mol. The van der Waals surface area contributed by atoms with Gasteiger partial charge >= 0.3 is 24.1 Å². The van der Waals surface area contributed by atoms with Crippen molar-refractivity contribution in [3.63, 3.8) is 0 Å². The topological polar surface area (TPSA) is 190 Å². The van der Waals surface area contributed by atoms with E-state index in [9.17, 15) is 24.3 Å². The number of aliphatic hydroxyl groups excluding tert-OH is 1. The van der Waals surface area contributed by atoms with E-state index in [4.69, 9.17) is 28.9 Å². The Labute approximate surface area is 606 Å². The number of aliphatic imine (C=N–C) groups is 3. The maximum atomic E-state index is 13.7. The number of esters is 2. The Morgan fingerprint density at radius 1 is 0.510 bits per heavy atom.